The third-order valence-electron chi connectivity index (χ3n) is 3.82. The Balaban J connectivity index is 1.73. The van der Waals surface area contributed by atoms with Gasteiger partial charge in [-0.3, -0.25) is 19.2 Å². The SMILES string of the molecule is COc1ccc(S(=O)(=O)Nc2ccc(CN3C(=O)CSC3=O)cc2)cc1Br. The lowest BCUT2D eigenvalue weighted by atomic mass is 10.2. The van der Waals surface area contributed by atoms with Gasteiger partial charge < -0.3 is 4.74 Å². The molecule has 0 spiro atoms. The van der Waals surface area contributed by atoms with Crippen molar-refractivity contribution < 1.29 is 22.7 Å². The number of amides is 2. The van der Waals surface area contributed by atoms with Crippen LogP contribution in [0.25, 0.3) is 0 Å². The summed E-state index contributed by atoms with van der Waals surface area (Å²) in [4.78, 5) is 24.6. The molecule has 1 saturated heterocycles. The van der Waals surface area contributed by atoms with E-state index in [1.165, 1.54) is 24.1 Å². The minimum atomic E-state index is -3.77. The van der Waals surface area contributed by atoms with Crippen LogP contribution in [-0.2, 0) is 21.4 Å². The fourth-order valence-corrected chi connectivity index (χ4v) is 4.92. The topological polar surface area (TPSA) is 92.8 Å². The zero-order valence-electron chi connectivity index (χ0n) is 14.1. The quantitative estimate of drug-likeness (QED) is 0.694. The summed E-state index contributed by atoms with van der Waals surface area (Å²) in [6, 6.07) is 11.0. The summed E-state index contributed by atoms with van der Waals surface area (Å²) in [6.45, 7) is 0.170. The van der Waals surface area contributed by atoms with Crippen molar-refractivity contribution in [3.05, 3.63) is 52.5 Å². The number of nitrogens with zero attached hydrogens (tertiary/aromatic N) is 1. The lowest BCUT2D eigenvalue weighted by Gasteiger charge is -2.14. The number of methoxy groups -OCH3 is 1. The molecule has 7 nitrogen and oxygen atoms in total. The number of halogens is 1. The average Bonchev–Trinajstić information content (AvgIpc) is 2.95. The van der Waals surface area contributed by atoms with Crippen molar-refractivity contribution in [2.45, 2.75) is 11.4 Å². The summed E-state index contributed by atoms with van der Waals surface area (Å²) in [5.41, 5.74) is 1.11. The van der Waals surface area contributed by atoms with Gasteiger partial charge in [-0.05, 0) is 51.8 Å². The van der Waals surface area contributed by atoms with Crippen molar-refractivity contribution in [3.8, 4) is 5.75 Å². The number of imide groups is 1. The summed E-state index contributed by atoms with van der Waals surface area (Å²) in [7, 11) is -2.28. The Bertz CT molecular complexity index is 977. The second-order valence-corrected chi connectivity index (χ2v) is 9.10. The van der Waals surface area contributed by atoms with E-state index in [0.717, 1.165) is 17.3 Å². The molecule has 0 unspecified atom stereocenters. The maximum atomic E-state index is 12.5. The Labute approximate surface area is 169 Å². The molecule has 27 heavy (non-hydrogen) atoms. The van der Waals surface area contributed by atoms with Gasteiger partial charge in [0.1, 0.15) is 5.75 Å². The molecule has 0 aliphatic carbocycles. The van der Waals surface area contributed by atoms with Crippen LogP contribution in [0.4, 0.5) is 10.5 Å². The number of hydrogen-bond acceptors (Lipinski definition) is 6. The Morgan fingerprint density at radius 1 is 1.19 bits per heavy atom. The predicted octanol–water partition coefficient (Wildman–Crippen LogP) is 3.45. The van der Waals surface area contributed by atoms with Gasteiger partial charge in [0.15, 0.2) is 0 Å². The van der Waals surface area contributed by atoms with E-state index >= 15 is 0 Å². The fourth-order valence-electron chi connectivity index (χ4n) is 2.42. The van der Waals surface area contributed by atoms with Crippen molar-refractivity contribution >= 4 is 54.5 Å². The van der Waals surface area contributed by atoms with Gasteiger partial charge in [-0.2, -0.15) is 0 Å². The summed E-state index contributed by atoms with van der Waals surface area (Å²) in [5.74, 6) is 0.469. The highest BCUT2D eigenvalue weighted by Crippen LogP contribution is 2.28. The Hall–Kier alpha value is -2.04. The summed E-state index contributed by atoms with van der Waals surface area (Å²) < 4.78 is 33.2. The summed E-state index contributed by atoms with van der Waals surface area (Å²) in [6.07, 6.45) is 0. The zero-order chi connectivity index (χ0) is 19.6. The number of benzene rings is 2. The summed E-state index contributed by atoms with van der Waals surface area (Å²) >= 11 is 4.25. The molecular formula is C17H15BrN2O5S2. The maximum Gasteiger partial charge on any atom is 0.289 e. The lowest BCUT2D eigenvalue weighted by molar-refractivity contribution is -0.125. The van der Waals surface area contributed by atoms with Crippen molar-refractivity contribution in [2.24, 2.45) is 0 Å². The van der Waals surface area contributed by atoms with Gasteiger partial charge in [0, 0.05) is 5.69 Å². The highest BCUT2D eigenvalue weighted by Gasteiger charge is 2.29. The molecule has 1 fully saturated rings. The van der Waals surface area contributed by atoms with Gasteiger partial charge in [0.2, 0.25) is 5.91 Å². The minimum Gasteiger partial charge on any atom is -0.496 e. The van der Waals surface area contributed by atoms with Gasteiger partial charge in [-0.25, -0.2) is 8.42 Å². The zero-order valence-corrected chi connectivity index (χ0v) is 17.4. The van der Waals surface area contributed by atoms with Gasteiger partial charge in [0.25, 0.3) is 15.3 Å². The van der Waals surface area contributed by atoms with Crippen LogP contribution in [0.3, 0.4) is 0 Å². The largest absolute Gasteiger partial charge is 0.496 e. The normalized spacial score (nSPS) is 14.5. The number of thioether (sulfide) groups is 1. The van der Waals surface area contributed by atoms with E-state index in [9.17, 15) is 18.0 Å². The molecule has 1 aliphatic rings. The van der Waals surface area contributed by atoms with Gasteiger partial charge in [0.05, 0.1) is 28.8 Å². The molecule has 142 valence electrons. The molecule has 0 atom stereocenters. The molecule has 2 amide bonds. The van der Waals surface area contributed by atoms with Crippen LogP contribution in [0, 0.1) is 0 Å². The van der Waals surface area contributed by atoms with Crippen molar-refractivity contribution in [3.63, 3.8) is 0 Å². The molecular weight excluding hydrogens is 456 g/mol. The first kappa shape index (κ1) is 19.7. The van der Waals surface area contributed by atoms with E-state index in [4.69, 9.17) is 4.74 Å². The number of carbonyl (C=O) groups excluding carboxylic acids is 2. The molecule has 1 aliphatic heterocycles. The monoisotopic (exact) mass is 470 g/mol. The van der Waals surface area contributed by atoms with E-state index in [2.05, 4.69) is 20.7 Å². The highest BCUT2D eigenvalue weighted by atomic mass is 79.9. The van der Waals surface area contributed by atoms with Crippen LogP contribution in [0.15, 0.2) is 51.8 Å². The van der Waals surface area contributed by atoms with Gasteiger partial charge >= 0.3 is 0 Å². The Kier molecular flexibility index (Phi) is 5.78. The molecule has 0 aromatic heterocycles. The number of sulfonamides is 1. The first-order valence-electron chi connectivity index (χ1n) is 7.72. The van der Waals surface area contributed by atoms with E-state index in [1.807, 2.05) is 0 Å². The summed E-state index contributed by atoms with van der Waals surface area (Å²) in [5, 5.41) is -0.269. The fraction of sp³-hybridized carbons (Fsp3) is 0.176. The molecule has 0 radical (unpaired) electrons. The predicted molar refractivity (Wildman–Crippen MR) is 106 cm³/mol. The lowest BCUT2D eigenvalue weighted by Crippen LogP contribution is -2.27. The van der Waals surface area contributed by atoms with Crippen molar-refractivity contribution in [1.82, 2.24) is 4.90 Å². The Morgan fingerprint density at radius 2 is 1.89 bits per heavy atom. The molecule has 0 bridgehead atoms. The number of nitrogens with one attached hydrogen (secondary N) is 1. The van der Waals surface area contributed by atoms with E-state index in [1.54, 1.807) is 30.3 Å². The molecule has 1 heterocycles. The third-order valence-corrected chi connectivity index (χ3v) is 6.68. The second kappa shape index (κ2) is 7.91. The molecule has 10 heteroatoms. The molecule has 2 aromatic rings. The van der Waals surface area contributed by atoms with Crippen LogP contribution < -0.4 is 9.46 Å². The van der Waals surface area contributed by atoms with Crippen LogP contribution >= 0.6 is 27.7 Å². The number of rotatable bonds is 6. The molecule has 2 aromatic carbocycles. The molecule has 3 rings (SSSR count). The van der Waals surface area contributed by atoms with Crippen molar-refractivity contribution in [2.75, 3.05) is 17.6 Å². The molecule has 1 N–H and O–H groups in total. The van der Waals surface area contributed by atoms with Gasteiger partial charge in [-0.1, -0.05) is 23.9 Å². The van der Waals surface area contributed by atoms with Crippen LogP contribution in [-0.4, -0.2) is 37.3 Å². The smallest absolute Gasteiger partial charge is 0.289 e. The van der Waals surface area contributed by atoms with Crippen LogP contribution in [0.1, 0.15) is 5.56 Å². The van der Waals surface area contributed by atoms with E-state index in [-0.39, 0.29) is 28.3 Å². The van der Waals surface area contributed by atoms with Gasteiger partial charge in [-0.15, -0.1) is 0 Å². The first-order chi connectivity index (χ1) is 12.8. The average molecular weight is 471 g/mol. The number of carbonyl (C=O) groups is 2. The van der Waals surface area contributed by atoms with Crippen LogP contribution in [0.5, 0.6) is 5.75 Å². The number of hydrogen-bond donors (Lipinski definition) is 1. The Morgan fingerprint density at radius 3 is 2.44 bits per heavy atom. The number of anilines is 1. The van der Waals surface area contributed by atoms with Crippen LogP contribution in [0.2, 0.25) is 0 Å². The standard InChI is InChI=1S/C17H15BrN2O5S2/c1-25-15-7-6-13(8-14(15)18)27(23,24)19-12-4-2-11(3-5-12)9-20-16(21)10-26-17(20)22/h2-8,19H,9-10H2,1H3. The van der Waals surface area contributed by atoms with E-state index < -0.39 is 10.0 Å². The maximum absolute atomic E-state index is 12.5. The molecule has 0 saturated carbocycles. The number of ether oxygens (including phenoxy) is 1. The van der Waals surface area contributed by atoms with Crippen molar-refractivity contribution in [1.29, 1.82) is 0 Å². The highest BCUT2D eigenvalue weighted by molar-refractivity contribution is 9.10. The third kappa shape index (κ3) is 4.45. The minimum absolute atomic E-state index is 0.0875. The van der Waals surface area contributed by atoms with E-state index in [0.29, 0.717) is 15.9 Å². The second-order valence-electron chi connectivity index (χ2n) is 5.63. The first-order valence-corrected chi connectivity index (χ1v) is 11.0.